The van der Waals surface area contributed by atoms with Gasteiger partial charge in [-0.2, -0.15) is 0 Å². The van der Waals surface area contributed by atoms with Crippen LogP contribution in [0.5, 0.6) is 0 Å². The SMILES string of the molecule is COC(C)(C)CCC1CCCCCC1C(=O)O. The van der Waals surface area contributed by atoms with E-state index in [0.29, 0.717) is 5.92 Å². The predicted molar refractivity (Wildman–Crippen MR) is 68.0 cm³/mol. The molecule has 3 heteroatoms. The molecule has 1 saturated carbocycles. The number of hydrogen-bond donors (Lipinski definition) is 1. The Morgan fingerprint density at radius 2 is 1.94 bits per heavy atom. The molecule has 17 heavy (non-hydrogen) atoms. The van der Waals surface area contributed by atoms with Crippen LogP contribution in [-0.4, -0.2) is 23.8 Å². The summed E-state index contributed by atoms with van der Waals surface area (Å²) in [4.78, 5) is 11.3. The zero-order chi connectivity index (χ0) is 12.9. The molecule has 2 atom stereocenters. The summed E-state index contributed by atoms with van der Waals surface area (Å²) in [6, 6.07) is 0. The van der Waals surface area contributed by atoms with Gasteiger partial charge in [-0.25, -0.2) is 0 Å². The van der Waals surface area contributed by atoms with Gasteiger partial charge in [-0.3, -0.25) is 4.79 Å². The van der Waals surface area contributed by atoms with Crippen molar-refractivity contribution in [1.82, 2.24) is 0 Å². The lowest BCUT2D eigenvalue weighted by Gasteiger charge is -2.27. The van der Waals surface area contributed by atoms with Gasteiger partial charge < -0.3 is 9.84 Å². The first kappa shape index (κ1) is 14.5. The molecule has 0 aromatic heterocycles. The second-order valence-corrected chi connectivity index (χ2v) is 5.85. The summed E-state index contributed by atoms with van der Waals surface area (Å²) in [5.74, 6) is -0.401. The average Bonchev–Trinajstić information content (AvgIpc) is 2.51. The van der Waals surface area contributed by atoms with Crippen LogP contribution < -0.4 is 0 Å². The molecule has 0 aromatic rings. The Bertz CT molecular complexity index is 248. The van der Waals surface area contributed by atoms with Crippen molar-refractivity contribution < 1.29 is 14.6 Å². The normalized spacial score (nSPS) is 26.5. The Morgan fingerprint density at radius 3 is 2.53 bits per heavy atom. The molecule has 0 heterocycles. The van der Waals surface area contributed by atoms with Crippen LogP contribution in [0.1, 0.15) is 58.8 Å². The highest BCUT2D eigenvalue weighted by atomic mass is 16.5. The summed E-state index contributed by atoms with van der Waals surface area (Å²) >= 11 is 0. The second kappa shape index (κ2) is 6.39. The standard InChI is InChI=1S/C14H26O3/c1-14(2,17-3)10-9-11-7-5-4-6-8-12(11)13(15)16/h11-12H,4-10H2,1-3H3,(H,15,16). The minimum Gasteiger partial charge on any atom is -0.481 e. The van der Waals surface area contributed by atoms with Gasteiger partial charge >= 0.3 is 5.97 Å². The maximum absolute atomic E-state index is 11.3. The van der Waals surface area contributed by atoms with Crippen LogP contribution in [0.4, 0.5) is 0 Å². The molecule has 1 N–H and O–H groups in total. The Kier molecular flexibility index (Phi) is 5.44. The topological polar surface area (TPSA) is 46.5 Å². The van der Waals surface area contributed by atoms with E-state index in [2.05, 4.69) is 13.8 Å². The molecule has 0 amide bonds. The zero-order valence-corrected chi connectivity index (χ0v) is 11.4. The summed E-state index contributed by atoms with van der Waals surface area (Å²) in [7, 11) is 1.72. The van der Waals surface area contributed by atoms with E-state index in [-0.39, 0.29) is 11.5 Å². The fourth-order valence-electron chi connectivity index (χ4n) is 2.69. The van der Waals surface area contributed by atoms with Crippen molar-refractivity contribution in [2.24, 2.45) is 11.8 Å². The van der Waals surface area contributed by atoms with Gasteiger partial charge in [0.1, 0.15) is 0 Å². The van der Waals surface area contributed by atoms with Gasteiger partial charge in [-0.15, -0.1) is 0 Å². The van der Waals surface area contributed by atoms with Crippen molar-refractivity contribution >= 4 is 5.97 Å². The molecule has 100 valence electrons. The number of aliphatic carboxylic acids is 1. The van der Waals surface area contributed by atoms with Gasteiger partial charge in [-0.05, 0) is 45.4 Å². The lowest BCUT2D eigenvalue weighted by molar-refractivity contribution is -0.144. The molecule has 3 nitrogen and oxygen atoms in total. The monoisotopic (exact) mass is 242 g/mol. The first-order valence-corrected chi connectivity index (χ1v) is 6.74. The van der Waals surface area contributed by atoms with Crippen LogP contribution in [-0.2, 0) is 9.53 Å². The van der Waals surface area contributed by atoms with E-state index in [1.165, 1.54) is 12.8 Å². The number of ether oxygens (including phenoxy) is 1. The van der Waals surface area contributed by atoms with E-state index in [0.717, 1.165) is 32.1 Å². The Labute approximate surface area is 105 Å². The van der Waals surface area contributed by atoms with Crippen LogP contribution >= 0.6 is 0 Å². The summed E-state index contributed by atoms with van der Waals surface area (Å²) in [5, 5.41) is 9.29. The van der Waals surface area contributed by atoms with E-state index < -0.39 is 5.97 Å². The number of rotatable bonds is 5. The molecule has 1 rings (SSSR count). The molecule has 0 radical (unpaired) electrons. The quantitative estimate of drug-likeness (QED) is 0.751. The van der Waals surface area contributed by atoms with Crippen molar-refractivity contribution in [2.45, 2.75) is 64.4 Å². The second-order valence-electron chi connectivity index (χ2n) is 5.85. The van der Waals surface area contributed by atoms with Crippen LogP contribution in [0, 0.1) is 11.8 Å². The van der Waals surface area contributed by atoms with E-state index in [1.807, 2.05) is 0 Å². The zero-order valence-electron chi connectivity index (χ0n) is 11.4. The highest BCUT2D eigenvalue weighted by molar-refractivity contribution is 5.70. The number of methoxy groups -OCH3 is 1. The minimum atomic E-state index is -0.605. The third-order valence-corrected chi connectivity index (χ3v) is 4.15. The predicted octanol–water partition coefficient (Wildman–Crippen LogP) is 3.47. The van der Waals surface area contributed by atoms with E-state index in [1.54, 1.807) is 7.11 Å². The van der Waals surface area contributed by atoms with Gasteiger partial charge in [0, 0.05) is 7.11 Å². The highest BCUT2D eigenvalue weighted by Crippen LogP contribution is 2.34. The van der Waals surface area contributed by atoms with Crippen molar-refractivity contribution in [2.75, 3.05) is 7.11 Å². The third kappa shape index (κ3) is 4.66. The van der Waals surface area contributed by atoms with E-state index >= 15 is 0 Å². The smallest absolute Gasteiger partial charge is 0.306 e. The molecule has 2 unspecified atom stereocenters. The maximum atomic E-state index is 11.3. The van der Waals surface area contributed by atoms with E-state index in [4.69, 9.17) is 4.74 Å². The maximum Gasteiger partial charge on any atom is 0.306 e. The molecular formula is C14H26O3. The van der Waals surface area contributed by atoms with Crippen LogP contribution in [0.25, 0.3) is 0 Å². The number of carboxylic acid groups (broad SMARTS) is 1. The summed E-state index contributed by atoms with van der Waals surface area (Å²) in [6.07, 6.45) is 7.27. The highest BCUT2D eigenvalue weighted by Gasteiger charge is 2.30. The van der Waals surface area contributed by atoms with Crippen molar-refractivity contribution in [1.29, 1.82) is 0 Å². The van der Waals surface area contributed by atoms with Crippen molar-refractivity contribution in [3.63, 3.8) is 0 Å². The molecular weight excluding hydrogens is 216 g/mol. The van der Waals surface area contributed by atoms with Crippen LogP contribution in [0.3, 0.4) is 0 Å². The Balaban J connectivity index is 2.55. The Hall–Kier alpha value is -0.570. The van der Waals surface area contributed by atoms with E-state index in [9.17, 15) is 9.90 Å². The fourth-order valence-corrected chi connectivity index (χ4v) is 2.69. The molecule has 1 aliphatic rings. The molecule has 1 aliphatic carbocycles. The van der Waals surface area contributed by atoms with Gasteiger partial charge in [0.05, 0.1) is 11.5 Å². The number of carbonyl (C=O) groups is 1. The first-order valence-electron chi connectivity index (χ1n) is 6.74. The molecule has 0 aromatic carbocycles. The van der Waals surface area contributed by atoms with Crippen LogP contribution in [0.2, 0.25) is 0 Å². The largest absolute Gasteiger partial charge is 0.481 e. The first-order chi connectivity index (χ1) is 7.96. The minimum absolute atomic E-state index is 0.130. The fraction of sp³-hybridized carbons (Fsp3) is 0.929. The van der Waals surface area contributed by atoms with Gasteiger partial charge in [0.2, 0.25) is 0 Å². The lowest BCUT2D eigenvalue weighted by Crippen LogP contribution is -2.27. The van der Waals surface area contributed by atoms with Crippen molar-refractivity contribution in [3.05, 3.63) is 0 Å². The van der Waals surface area contributed by atoms with Crippen LogP contribution in [0.15, 0.2) is 0 Å². The molecule has 0 aliphatic heterocycles. The molecule has 1 fully saturated rings. The average molecular weight is 242 g/mol. The summed E-state index contributed by atoms with van der Waals surface area (Å²) in [6.45, 7) is 4.14. The lowest BCUT2D eigenvalue weighted by atomic mass is 9.82. The van der Waals surface area contributed by atoms with Gasteiger partial charge in [0.25, 0.3) is 0 Å². The molecule has 0 bridgehead atoms. The third-order valence-electron chi connectivity index (χ3n) is 4.15. The summed E-state index contributed by atoms with van der Waals surface area (Å²) < 4.78 is 5.41. The van der Waals surface area contributed by atoms with Gasteiger partial charge in [0.15, 0.2) is 0 Å². The molecule has 0 spiro atoms. The van der Waals surface area contributed by atoms with Gasteiger partial charge in [-0.1, -0.05) is 19.3 Å². The summed E-state index contributed by atoms with van der Waals surface area (Å²) in [5.41, 5.74) is -0.130. The number of carboxylic acids is 1. The Morgan fingerprint density at radius 1 is 1.29 bits per heavy atom. The number of hydrogen-bond acceptors (Lipinski definition) is 2. The van der Waals surface area contributed by atoms with Crippen molar-refractivity contribution in [3.8, 4) is 0 Å². The molecule has 0 saturated heterocycles.